The highest BCUT2D eigenvalue weighted by atomic mass is 16.1. The largest absolute Gasteiger partial charge is 0.299 e. The summed E-state index contributed by atoms with van der Waals surface area (Å²) in [5.74, 6) is 1.47. The van der Waals surface area contributed by atoms with Crippen molar-refractivity contribution >= 4 is 5.78 Å². The monoisotopic (exact) mass is 168 g/mol. The van der Waals surface area contributed by atoms with E-state index in [1.165, 1.54) is 0 Å². The highest BCUT2D eigenvalue weighted by molar-refractivity contribution is 5.83. The quantitative estimate of drug-likeness (QED) is 0.588. The zero-order valence-corrected chi connectivity index (χ0v) is 8.68. The molecule has 0 spiro atoms. The Balaban J connectivity index is 2.56. The first-order valence-electron chi connectivity index (χ1n) is 4.93. The van der Waals surface area contributed by atoms with Gasteiger partial charge < -0.3 is 0 Å². The van der Waals surface area contributed by atoms with E-state index in [0.29, 0.717) is 23.0 Å². The molecule has 0 radical (unpaired) electrons. The number of hydrogen-bond donors (Lipinski definition) is 0. The van der Waals surface area contributed by atoms with Crippen LogP contribution in [0.3, 0.4) is 0 Å². The molecular formula is C11H20O. The Hall–Kier alpha value is -0.330. The third-order valence-electron chi connectivity index (χ3n) is 2.78. The molecule has 1 saturated carbocycles. The van der Waals surface area contributed by atoms with E-state index in [1.807, 2.05) is 0 Å². The van der Waals surface area contributed by atoms with Crippen LogP contribution in [0.15, 0.2) is 0 Å². The lowest BCUT2D eigenvalue weighted by Crippen LogP contribution is -2.20. The van der Waals surface area contributed by atoms with E-state index < -0.39 is 0 Å². The summed E-state index contributed by atoms with van der Waals surface area (Å²) < 4.78 is 0. The van der Waals surface area contributed by atoms with Gasteiger partial charge in [-0.15, -0.1) is 0 Å². The second-order valence-electron chi connectivity index (χ2n) is 5.35. The number of ketones is 1. The molecule has 2 unspecified atom stereocenters. The van der Waals surface area contributed by atoms with Gasteiger partial charge in [0, 0.05) is 12.3 Å². The van der Waals surface area contributed by atoms with Gasteiger partial charge in [-0.3, -0.25) is 4.79 Å². The number of carbonyl (C=O) groups is 1. The topological polar surface area (TPSA) is 17.1 Å². The van der Waals surface area contributed by atoms with Gasteiger partial charge >= 0.3 is 0 Å². The van der Waals surface area contributed by atoms with Crippen molar-refractivity contribution in [1.82, 2.24) is 0 Å². The minimum absolute atomic E-state index is 0.304. The van der Waals surface area contributed by atoms with Crippen LogP contribution in [0.5, 0.6) is 0 Å². The third-order valence-corrected chi connectivity index (χ3v) is 2.78. The maximum atomic E-state index is 11.5. The van der Waals surface area contributed by atoms with Crippen molar-refractivity contribution in [3.05, 3.63) is 0 Å². The second kappa shape index (κ2) is 3.20. The van der Waals surface area contributed by atoms with E-state index in [4.69, 9.17) is 0 Å². The van der Waals surface area contributed by atoms with E-state index in [0.717, 1.165) is 19.3 Å². The minimum Gasteiger partial charge on any atom is -0.299 e. The minimum atomic E-state index is 0.304. The van der Waals surface area contributed by atoms with Crippen LogP contribution in [0.1, 0.15) is 47.0 Å². The summed E-state index contributed by atoms with van der Waals surface area (Å²) in [5, 5.41) is 0. The average molecular weight is 168 g/mol. The molecule has 1 aliphatic rings. The lowest BCUT2D eigenvalue weighted by atomic mass is 9.80. The third kappa shape index (κ3) is 2.33. The predicted molar refractivity (Wildman–Crippen MR) is 51.0 cm³/mol. The number of carbonyl (C=O) groups excluding carboxylic acids is 1. The standard InChI is InChI=1S/C11H20O/c1-8-5-6-10(12)9(8)7-11(2,3)4/h8-9H,5-7H2,1-4H3. The summed E-state index contributed by atoms with van der Waals surface area (Å²) in [7, 11) is 0. The van der Waals surface area contributed by atoms with Crippen molar-refractivity contribution in [2.45, 2.75) is 47.0 Å². The lowest BCUT2D eigenvalue weighted by Gasteiger charge is -2.24. The first kappa shape index (κ1) is 9.76. The molecule has 0 aromatic heterocycles. The SMILES string of the molecule is CC1CCC(=O)C1CC(C)(C)C. The molecule has 0 saturated heterocycles. The van der Waals surface area contributed by atoms with Crippen molar-refractivity contribution in [3.8, 4) is 0 Å². The summed E-state index contributed by atoms with van der Waals surface area (Å²) >= 11 is 0. The van der Waals surface area contributed by atoms with Gasteiger partial charge in [0.1, 0.15) is 5.78 Å². The van der Waals surface area contributed by atoms with E-state index in [2.05, 4.69) is 27.7 Å². The van der Waals surface area contributed by atoms with Crippen LogP contribution in [-0.4, -0.2) is 5.78 Å². The van der Waals surface area contributed by atoms with Crippen LogP contribution in [0.25, 0.3) is 0 Å². The van der Waals surface area contributed by atoms with E-state index in [1.54, 1.807) is 0 Å². The molecule has 70 valence electrons. The Kier molecular flexibility index (Phi) is 2.60. The van der Waals surface area contributed by atoms with Gasteiger partial charge in [-0.25, -0.2) is 0 Å². The Morgan fingerprint density at radius 2 is 2.00 bits per heavy atom. The highest BCUT2D eigenvalue weighted by Gasteiger charge is 2.33. The zero-order chi connectivity index (χ0) is 9.35. The summed E-state index contributed by atoms with van der Waals surface area (Å²) in [6, 6.07) is 0. The first-order valence-corrected chi connectivity index (χ1v) is 4.93. The molecule has 0 aromatic rings. The normalized spacial score (nSPS) is 31.2. The van der Waals surface area contributed by atoms with Gasteiger partial charge in [-0.05, 0) is 24.2 Å². The molecular weight excluding hydrogens is 148 g/mol. The van der Waals surface area contributed by atoms with Crippen LogP contribution >= 0.6 is 0 Å². The van der Waals surface area contributed by atoms with Crippen molar-refractivity contribution < 1.29 is 4.79 Å². The Morgan fingerprint density at radius 1 is 1.42 bits per heavy atom. The number of hydrogen-bond acceptors (Lipinski definition) is 1. The van der Waals surface area contributed by atoms with Gasteiger partial charge in [0.05, 0.1) is 0 Å². The molecule has 0 amide bonds. The Labute approximate surface area is 75.5 Å². The molecule has 0 aliphatic heterocycles. The summed E-state index contributed by atoms with van der Waals surface area (Å²) in [4.78, 5) is 11.5. The number of Topliss-reactive ketones (excluding diaryl/α,β-unsaturated/α-hetero) is 1. The fourth-order valence-electron chi connectivity index (χ4n) is 2.05. The number of rotatable bonds is 1. The summed E-state index contributed by atoms with van der Waals surface area (Å²) in [6.07, 6.45) is 2.99. The fraction of sp³-hybridized carbons (Fsp3) is 0.909. The molecule has 0 heterocycles. The average Bonchev–Trinajstić information content (AvgIpc) is 2.16. The maximum Gasteiger partial charge on any atom is 0.136 e. The van der Waals surface area contributed by atoms with Crippen LogP contribution in [-0.2, 0) is 4.79 Å². The van der Waals surface area contributed by atoms with E-state index in [9.17, 15) is 4.79 Å². The van der Waals surface area contributed by atoms with Gasteiger partial charge in [0.25, 0.3) is 0 Å². The van der Waals surface area contributed by atoms with Gasteiger partial charge in [-0.1, -0.05) is 27.7 Å². The molecule has 1 nitrogen and oxygen atoms in total. The molecule has 0 N–H and O–H groups in total. The van der Waals surface area contributed by atoms with Crippen LogP contribution in [0.2, 0.25) is 0 Å². The highest BCUT2D eigenvalue weighted by Crippen LogP contribution is 2.36. The van der Waals surface area contributed by atoms with E-state index in [-0.39, 0.29) is 0 Å². The Morgan fingerprint density at radius 3 is 2.33 bits per heavy atom. The molecule has 2 atom stereocenters. The van der Waals surface area contributed by atoms with E-state index >= 15 is 0 Å². The van der Waals surface area contributed by atoms with Crippen molar-refractivity contribution in [2.24, 2.45) is 17.3 Å². The molecule has 12 heavy (non-hydrogen) atoms. The zero-order valence-electron chi connectivity index (χ0n) is 8.68. The van der Waals surface area contributed by atoms with Crippen LogP contribution in [0.4, 0.5) is 0 Å². The second-order valence-corrected chi connectivity index (χ2v) is 5.35. The Bertz CT molecular complexity index is 176. The fourth-order valence-corrected chi connectivity index (χ4v) is 2.05. The van der Waals surface area contributed by atoms with Crippen molar-refractivity contribution in [3.63, 3.8) is 0 Å². The molecule has 1 rings (SSSR count). The summed E-state index contributed by atoms with van der Waals surface area (Å²) in [6.45, 7) is 8.85. The lowest BCUT2D eigenvalue weighted by molar-refractivity contribution is -0.122. The molecule has 0 aromatic carbocycles. The molecule has 1 fully saturated rings. The van der Waals surface area contributed by atoms with Crippen molar-refractivity contribution in [1.29, 1.82) is 0 Å². The van der Waals surface area contributed by atoms with Gasteiger partial charge in [-0.2, -0.15) is 0 Å². The summed E-state index contributed by atoms with van der Waals surface area (Å²) in [5.41, 5.74) is 0.304. The van der Waals surface area contributed by atoms with Crippen molar-refractivity contribution in [2.75, 3.05) is 0 Å². The molecule has 0 bridgehead atoms. The van der Waals surface area contributed by atoms with Gasteiger partial charge in [0.15, 0.2) is 0 Å². The predicted octanol–water partition coefficient (Wildman–Crippen LogP) is 3.04. The van der Waals surface area contributed by atoms with Crippen LogP contribution < -0.4 is 0 Å². The smallest absolute Gasteiger partial charge is 0.136 e. The molecule has 1 aliphatic carbocycles. The maximum absolute atomic E-state index is 11.5. The molecule has 1 heteroatoms. The van der Waals surface area contributed by atoms with Crippen LogP contribution in [0, 0.1) is 17.3 Å². The van der Waals surface area contributed by atoms with Gasteiger partial charge in [0.2, 0.25) is 0 Å². The first-order chi connectivity index (χ1) is 5.40.